The summed E-state index contributed by atoms with van der Waals surface area (Å²) in [6, 6.07) is 0. The van der Waals surface area contributed by atoms with Crippen molar-refractivity contribution >= 4 is 11.9 Å². The van der Waals surface area contributed by atoms with Crippen LogP contribution in [0.2, 0.25) is 0 Å². The van der Waals surface area contributed by atoms with Gasteiger partial charge < -0.3 is 9.47 Å². The zero-order chi connectivity index (χ0) is 12.4. The van der Waals surface area contributed by atoms with E-state index in [1.807, 2.05) is 13.8 Å². The molecule has 1 aliphatic rings. The van der Waals surface area contributed by atoms with Gasteiger partial charge in [0.05, 0.1) is 0 Å². The molecule has 4 nitrogen and oxygen atoms in total. The molecule has 0 bridgehead atoms. The van der Waals surface area contributed by atoms with Gasteiger partial charge in [-0.05, 0) is 13.8 Å². The van der Waals surface area contributed by atoms with Crippen molar-refractivity contribution in [1.29, 1.82) is 0 Å². The first-order valence-corrected chi connectivity index (χ1v) is 5.43. The Balaban J connectivity index is 0. The fraction of sp³-hybridized carbons (Fsp3) is 0.818. The summed E-state index contributed by atoms with van der Waals surface area (Å²) in [6.07, 6.45) is -0.243. The van der Waals surface area contributed by atoms with Gasteiger partial charge in [-0.3, -0.25) is 0 Å². The molecule has 0 aliphatic carbocycles. The third-order valence-electron chi connectivity index (χ3n) is 1.25. The highest BCUT2D eigenvalue weighted by Gasteiger charge is 2.32. The number of carbonyl (C=O) groups excluding carboxylic acids is 2. The molecule has 0 aromatic carbocycles. The van der Waals surface area contributed by atoms with Crippen LogP contribution in [0.4, 0.5) is 0 Å². The van der Waals surface area contributed by atoms with E-state index in [0.717, 1.165) is 0 Å². The molecule has 2 unspecified atom stereocenters. The van der Waals surface area contributed by atoms with Crippen LogP contribution in [0.5, 0.6) is 0 Å². The van der Waals surface area contributed by atoms with Crippen molar-refractivity contribution in [3.8, 4) is 0 Å². The number of carbonyl (C=O) groups is 2. The average Bonchev–Trinajstić information content (AvgIpc) is 2.19. The second-order valence-electron chi connectivity index (χ2n) is 2.87. The van der Waals surface area contributed by atoms with E-state index in [0.29, 0.717) is 0 Å². The van der Waals surface area contributed by atoms with Gasteiger partial charge >= 0.3 is 11.9 Å². The number of cyclic esters (lactones) is 2. The van der Waals surface area contributed by atoms with E-state index in [1.54, 1.807) is 0 Å². The fourth-order valence-corrected chi connectivity index (χ4v) is 0.636. The minimum Gasteiger partial charge on any atom is -0.448 e. The predicted molar refractivity (Wildman–Crippen MR) is 58.4 cm³/mol. The van der Waals surface area contributed by atoms with E-state index in [2.05, 4.69) is 23.3 Å². The van der Waals surface area contributed by atoms with Crippen LogP contribution in [-0.2, 0) is 19.1 Å². The van der Waals surface area contributed by atoms with Gasteiger partial charge in [0.15, 0.2) is 12.2 Å². The molecule has 4 heteroatoms. The molecule has 0 amide bonds. The van der Waals surface area contributed by atoms with Crippen LogP contribution in [0, 0.1) is 0 Å². The summed E-state index contributed by atoms with van der Waals surface area (Å²) in [4.78, 5) is 21.3. The minimum absolute atomic E-state index is 0.480. The smallest absolute Gasteiger partial charge is 0.347 e. The summed E-state index contributed by atoms with van der Waals surface area (Å²) in [6.45, 7) is 11.2. The van der Waals surface area contributed by atoms with Gasteiger partial charge in [0.25, 0.3) is 0 Å². The number of hydrogen-bond donors (Lipinski definition) is 0. The molecule has 1 heterocycles. The van der Waals surface area contributed by atoms with Crippen LogP contribution < -0.4 is 0 Å². The first-order valence-electron chi connectivity index (χ1n) is 5.43. The van der Waals surface area contributed by atoms with E-state index < -0.39 is 24.1 Å². The number of ether oxygens (including phenoxy) is 2. The Kier molecular flexibility index (Phi) is 10.4. The van der Waals surface area contributed by atoms with Crippen molar-refractivity contribution in [3.63, 3.8) is 0 Å². The van der Waals surface area contributed by atoms with Crippen LogP contribution in [0.25, 0.3) is 0 Å². The molecule has 1 aliphatic heterocycles. The largest absolute Gasteiger partial charge is 0.448 e. The summed E-state index contributed by atoms with van der Waals surface area (Å²) in [5.41, 5.74) is 0. The van der Waals surface area contributed by atoms with E-state index in [4.69, 9.17) is 0 Å². The molecule has 90 valence electrons. The zero-order valence-electron chi connectivity index (χ0n) is 10.5. The number of hydrogen-bond acceptors (Lipinski definition) is 4. The topological polar surface area (TPSA) is 52.6 Å². The van der Waals surface area contributed by atoms with Gasteiger partial charge in [0, 0.05) is 0 Å². The summed E-state index contributed by atoms with van der Waals surface area (Å²) >= 11 is 0. The Morgan fingerprint density at radius 2 is 1.13 bits per heavy atom. The highest BCUT2D eigenvalue weighted by molar-refractivity contribution is 5.86. The first kappa shape index (κ1) is 16.4. The average molecular weight is 218 g/mol. The first-order chi connectivity index (χ1) is 7.02. The monoisotopic (exact) mass is 218 g/mol. The molecule has 0 spiro atoms. The van der Waals surface area contributed by atoms with Gasteiger partial charge in [-0.25, -0.2) is 9.59 Å². The maximum Gasteiger partial charge on any atom is 0.347 e. The van der Waals surface area contributed by atoms with Crippen molar-refractivity contribution in [1.82, 2.24) is 0 Å². The fourth-order valence-electron chi connectivity index (χ4n) is 0.636. The SMILES string of the molecule is CC.CC1OC(=O)C(C)OC1=O.CCC. The van der Waals surface area contributed by atoms with Crippen molar-refractivity contribution in [2.24, 2.45) is 0 Å². The Morgan fingerprint density at radius 1 is 0.933 bits per heavy atom. The standard InChI is InChI=1S/C6H8O4.C3H8.C2H6/c1-3-5(7)10-4(2)6(8)9-3;1-3-2;1-2/h3-4H,1-2H3;3H2,1-2H3;1-2H3. The third kappa shape index (κ3) is 6.94. The van der Waals surface area contributed by atoms with Crippen LogP contribution in [0.3, 0.4) is 0 Å². The summed E-state index contributed by atoms with van der Waals surface area (Å²) < 4.78 is 9.19. The summed E-state index contributed by atoms with van der Waals surface area (Å²) in [7, 11) is 0. The van der Waals surface area contributed by atoms with E-state index in [-0.39, 0.29) is 0 Å². The van der Waals surface area contributed by atoms with Gasteiger partial charge in [0.2, 0.25) is 0 Å². The Morgan fingerprint density at radius 3 is 1.33 bits per heavy atom. The van der Waals surface area contributed by atoms with Crippen molar-refractivity contribution in [2.45, 2.75) is 60.2 Å². The molecule has 2 atom stereocenters. The van der Waals surface area contributed by atoms with Gasteiger partial charge in [0.1, 0.15) is 0 Å². The molecule has 0 aromatic rings. The van der Waals surface area contributed by atoms with E-state index in [9.17, 15) is 9.59 Å². The predicted octanol–water partition coefficient (Wildman–Crippen LogP) is 2.31. The van der Waals surface area contributed by atoms with Crippen molar-refractivity contribution < 1.29 is 19.1 Å². The maximum absolute atomic E-state index is 10.7. The van der Waals surface area contributed by atoms with E-state index in [1.165, 1.54) is 20.3 Å². The minimum atomic E-state index is -0.747. The van der Waals surface area contributed by atoms with Crippen LogP contribution >= 0.6 is 0 Å². The molecule has 15 heavy (non-hydrogen) atoms. The van der Waals surface area contributed by atoms with Gasteiger partial charge in [-0.2, -0.15) is 0 Å². The van der Waals surface area contributed by atoms with Crippen LogP contribution in [-0.4, -0.2) is 24.1 Å². The van der Waals surface area contributed by atoms with Gasteiger partial charge in [-0.1, -0.05) is 34.1 Å². The highest BCUT2D eigenvalue weighted by Crippen LogP contribution is 2.08. The van der Waals surface area contributed by atoms with Crippen LogP contribution in [0.1, 0.15) is 48.0 Å². The number of rotatable bonds is 0. The lowest BCUT2D eigenvalue weighted by molar-refractivity contribution is -0.191. The van der Waals surface area contributed by atoms with Crippen LogP contribution in [0.15, 0.2) is 0 Å². The van der Waals surface area contributed by atoms with Crippen molar-refractivity contribution in [3.05, 3.63) is 0 Å². The molecular weight excluding hydrogens is 196 g/mol. The molecular formula is C11H22O4. The lowest BCUT2D eigenvalue weighted by atomic mass is 10.3. The lowest BCUT2D eigenvalue weighted by Gasteiger charge is -2.22. The van der Waals surface area contributed by atoms with E-state index >= 15 is 0 Å². The van der Waals surface area contributed by atoms with Gasteiger partial charge in [-0.15, -0.1) is 0 Å². The number of esters is 2. The second kappa shape index (κ2) is 9.49. The molecule has 0 N–H and O–H groups in total. The highest BCUT2D eigenvalue weighted by atomic mass is 16.6. The Bertz CT molecular complexity index is 169. The summed E-state index contributed by atoms with van der Waals surface area (Å²) in [5, 5.41) is 0. The molecule has 0 radical (unpaired) electrons. The molecule has 1 saturated heterocycles. The van der Waals surface area contributed by atoms with Crippen molar-refractivity contribution in [2.75, 3.05) is 0 Å². The molecule has 0 saturated carbocycles. The lowest BCUT2D eigenvalue weighted by Crippen LogP contribution is -2.40. The third-order valence-corrected chi connectivity index (χ3v) is 1.25. The normalized spacial score (nSPS) is 23.6. The Hall–Kier alpha value is -1.06. The zero-order valence-corrected chi connectivity index (χ0v) is 10.5. The quantitative estimate of drug-likeness (QED) is 0.585. The maximum atomic E-state index is 10.7. The Labute approximate surface area is 91.9 Å². The molecule has 0 aromatic heterocycles. The molecule has 1 rings (SSSR count). The second-order valence-corrected chi connectivity index (χ2v) is 2.87. The molecule has 1 fully saturated rings. The summed E-state index contributed by atoms with van der Waals surface area (Å²) in [5.74, 6) is -0.959.